The van der Waals surface area contributed by atoms with Crippen LogP contribution < -0.4 is 10.1 Å². The van der Waals surface area contributed by atoms with Crippen molar-refractivity contribution in [2.75, 3.05) is 0 Å². The van der Waals surface area contributed by atoms with E-state index >= 15 is 0 Å². The van der Waals surface area contributed by atoms with Crippen molar-refractivity contribution in [2.45, 2.75) is 26.4 Å². The second kappa shape index (κ2) is 6.48. The second-order valence-electron chi connectivity index (χ2n) is 4.84. The summed E-state index contributed by atoms with van der Waals surface area (Å²) in [7, 11) is 0. The third kappa shape index (κ3) is 3.78. The number of halogens is 2. The summed E-state index contributed by atoms with van der Waals surface area (Å²) < 4.78 is 32.0. The molecule has 0 aliphatic rings. The molecule has 106 valence electrons. The van der Waals surface area contributed by atoms with E-state index in [-0.39, 0.29) is 5.75 Å². The number of hydrogen-bond acceptors (Lipinski definition) is 2. The molecule has 0 unspecified atom stereocenters. The Morgan fingerprint density at radius 2 is 1.85 bits per heavy atom. The molecule has 0 spiro atoms. The molecule has 0 aliphatic heterocycles. The van der Waals surface area contributed by atoms with Gasteiger partial charge in [-0.05, 0) is 29.8 Å². The smallest absolute Gasteiger partial charge is 0.201 e. The molecular formula is C16H17F2NO. The van der Waals surface area contributed by atoms with E-state index in [1.54, 1.807) is 12.1 Å². The summed E-state index contributed by atoms with van der Waals surface area (Å²) >= 11 is 0. The third-order valence-electron chi connectivity index (χ3n) is 2.76. The lowest BCUT2D eigenvalue weighted by atomic mass is 10.2. The minimum Gasteiger partial charge on any atom is -0.454 e. The van der Waals surface area contributed by atoms with Crippen LogP contribution in [0, 0.1) is 11.6 Å². The lowest BCUT2D eigenvalue weighted by Gasteiger charge is -2.11. The van der Waals surface area contributed by atoms with Crippen molar-refractivity contribution in [2.24, 2.45) is 0 Å². The predicted octanol–water partition coefficient (Wildman–Crippen LogP) is 4.26. The van der Waals surface area contributed by atoms with Gasteiger partial charge in [0.2, 0.25) is 5.82 Å². The Kier molecular flexibility index (Phi) is 4.69. The van der Waals surface area contributed by atoms with Crippen LogP contribution in [0.3, 0.4) is 0 Å². The van der Waals surface area contributed by atoms with Crippen LogP contribution >= 0.6 is 0 Å². The second-order valence-corrected chi connectivity index (χ2v) is 4.84. The van der Waals surface area contributed by atoms with Gasteiger partial charge in [-0.1, -0.05) is 32.0 Å². The molecule has 0 radical (unpaired) electrons. The fourth-order valence-corrected chi connectivity index (χ4v) is 1.73. The maximum atomic E-state index is 13.5. The van der Waals surface area contributed by atoms with Crippen LogP contribution in [0.4, 0.5) is 8.78 Å². The predicted molar refractivity (Wildman–Crippen MR) is 74.8 cm³/mol. The van der Waals surface area contributed by atoms with E-state index < -0.39 is 11.6 Å². The highest BCUT2D eigenvalue weighted by Gasteiger charge is 2.09. The molecule has 2 aromatic carbocycles. The van der Waals surface area contributed by atoms with Crippen molar-refractivity contribution in [1.82, 2.24) is 5.32 Å². The quantitative estimate of drug-likeness (QED) is 0.882. The van der Waals surface area contributed by atoms with Crippen molar-refractivity contribution < 1.29 is 13.5 Å². The number of rotatable bonds is 5. The summed E-state index contributed by atoms with van der Waals surface area (Å²) in [6, 6.07) is 11.5. The molecule has 1 N–H and O–H groups in total. The van der Waals surface area contributed by atoms with E-state index in [0.29, 0.717) is 18.3 Å². The van der Waals surface area contributed by atoms with Gasteiger partial charge in [-0.15, -0.1) is 0 Å². The normalized spacial score (nSPS) is 10.8. The van der Waals surface area contributed by atoms with Gasteiger partial charge in [0, 0.05) is 12.6 Å². The minimum absolute atomic E-state index is 0.112. The molecule has 2 rings (SSSR count). The van der Waals surface area contributed by atoms with Gasteiger partial charge < -0.3 is 10.1 Å². The molecule has 20 heavy (non-hydrogen) atoms. The minimum atomic E-state index is -0.974. The van der Waals surface area contributed by atoms with Gasteiger partial charge in [0.1, 0.15) is 5.75 Å². The van der Waals surface area contributed by atoms with Gasteiger partial charge in [-0.2, -0.15) is 4.39 Å². The Balaban J connectivity index is 2.13. The Labute approximate surface area is 117 Å². The van der Waals surface area contributed by atoms with Gasteiger partial charge in [0.05, 0.1) is 0 Å². The topological polar surface area (TPSA) is 21.3 Å². The lowest BCUT2D eigenvalue weighted by molar-refractivity contribution is 0.415. The van der Waals surface area contributed by atoms with Gasteiger partial charge in [0.15, 0.2) is 11.6 Å². The third-order valence-corrected chi connectivity index (χ3v) is 2.76. The molecule has 4 heteroatoms. The molecule has 0 bridgehead atoms. The Morgan fingerprint density at radius 3 is 2.60 bits per heavy atom. The molecule has 0 amide bonds. The molecule has 0 aliphatic carbocycles. The number of nitrogens with one attached hydrogen (secondary N) is 1. The van der Waals surface area contributed by atoms with Crippen molar-refractivity contribution in [3.63, 3.8) is 0 Å². The zero-order chi connectivity index (χ0) is 14.5. The fraction of sp³-hybridized carbons (Fsp3) is 0.250. The van der Waals surface area contributed by atoms with Crippen LogP contribution in [-0.2, 0) is 6.54 Å². The summed E-state index contributed by atoms with van der Waals surface area (Å²) in [5.74, 6) is -1.52. The zero-order valence-corrected chi connectivity index (χ0v) is 11.5. The fourth-order valence-electron chi connectivity index (χ4n) is 1.73. The van der Waals surface area contributed by atoms with E-state index in [4.69, 9.17) is 4.74 Å². The van der Waals surface area contributed by atoms with Crippen LogP contribution in [0.25, 0.3) is 0 Å². The summed E-state index contributed by atoms with van der Waals surface area (Å²) in [5.41, 5.74) is 1.02. The molecule has 2 aromatic rings. The largest absolute Gasteiger partial charge is 0.454 e. The first-order valence-electron chi connectivity index (χ1n) is 6.50. The van der Waals surface area contributed by atoms with Crippen molar-refractivity contribution >= 4 is 0 Å². The van der Waals surface area contributed by atoms with Crippen LogP contribution in [0.5, 0.6) is 11.5 Å². The van der Waals surface area contributed by atoms with Gasteiger partial charge in [-0.25, -0.2) is 4.39 Å². The molecule has 0 atom stereocenters. The highest BCUT2D eigenvalue weighted by Crippen LogP contribution is 2.26. The Morgan fingerprint density at radius 1 is 1.10 bits per heavy atom. The summed E-state index contributed by atoms with van der Waals surface area (Å²) in [6.45, 7) is 4.81. The van der Waals surface area contributed by atoms with Crippen molar-refractivity contribution in [1.29, 1.82) is 0 Å². The molecule has 0 heterocycles. The maximum absolute atomic E-state index is 13.5. The first kappa shape index (κ1) is 14.5. The van der Waals surface area contributed by atoms with E-state index in [9.17, 15) is 8.78 Å². The Bertz CT molecular complexity index is 584. The average molecular weight is 277 g/mol. The summed E-state index contributed by atoms with van der Waals surface area (Å²) in [4.78, 5) is 0. The molecule has 0 saturated carbocycles. The van der Waals surface area contributed by atoms with Gasteiger partial charge >= 0.3 is 0 Å². The van der Waals surface area contributed by atoms with Crippen molar-refractivity contribution in [3.05, 3.63) is 59.7 Å². The SMILES string of the molecule is CC(C)NCc1cccc(Oc2cccc(F)c2F)c1. The monoisotopic (exact) mass is 277 g/mol. The van der Waals surface area contributed by atoms with E-state index in [0.717, 1.165) is 11.6 Å². The van der Waals surface area contributed by atoms with Crippen LogP contribution in [0.2, 0.25) is 0 Å². The number of ether oxygens (including phenoxy) is 1. The molecule has 0 aromatic heterocycles. The lowest BCUT2D eigenvalue weighted by Crippen LogP contribution is -2.21. The number of hydrogen-bond donors (Lipinski definition) is 1. The molecule has 0 fully saturated rings. The highest BCUT2D eigenvalue weighted by atomic mass is 19.2. The number of benzene rings is 2. The van der Waals surface area contributed by atoms with Crippen LogP contribution in [0.15, 0.2) is 42.5 Å². The molecular weight excluding hydrogens is 260 g/mol. The molecule has 2 nitrogen and oxygen atoms in total. The summed E-state index contributed by atoms with van der Waals surface area (Å²) in [5, 5.41) is 3.28. The van der Waals surface area contributed by atoms with E-state index in [2.05, 4.69) is 19.2 Å². The maximum Gasteiger partial charge on any atom is 0.201 e. The van der Waals surface area contributed by atoms with Gasteiger partial charge in [-0.3, -0.25) is 0 Å². The Hall–Kier alpha value is -1.94. The average Bonchev–Trinajstić information content (AvgIpc) is 2.42. The summed E-state index contributed by atoms with van der Waals surface area (Å²) in [6.07, 6.45) is 0. The highest BCUT2D eigenvalue weighted by molar-refractivity contribution is 5.35. The van der Waals surface area contributed by atoms with E-state index in [1.807, 2.05) is 12.1 Å². The van der Waals surface area contributed by atoms with Gasteiger partial charge in [0.25, 0.3) is 0 Å². The van der Waals surface area contributed by atoms with E-state index in [1.165, 1.54) is 12.1 Å². The standard InChI is InChI=1S/C16H17F2NO/c1-11(2)19-10-12-5-3-6-13(9-12)20-15-8-4-7-14(17)16(15)18/h3-9,11,19H,10H2,1-2H3. The first-order valence-corrected chi connectivity index (χ1v) is 6.50. The first-order chi connectivity index (χ1) is 9.56. The van der Waals surface area contributed by atoms with Crippen LogP contribution in [0.1, 0.15) is 19.4 Å². The van der Waals surface area contributed by atoms with Crippen molar-refractivity contribution in [3.8, 4) is 11.5 Å². The molecule has 0 saturated heterocycles. The zero-order valence-electron chi connectivity index (χ0n) is 11.5. The van der Waals surface area contributed by atoms with Crippen LogP contribution in [-0.4, -0.2) is 6.04 Å².